The van der Waals surface area contributed by atoms with E-state index in [9.17, 15) is 4.79 Å². The number of hydrogen-bond acceptors (Lipinski definition) is 7. The first-order valence-corrected chi connectivity index (χ1v) is 11.8. The van der Waals surface area contributed by atoms with E-state index in [4.69, 9.17) is 11.5 Å². The van der Waals surface area contributed by atoms with Gasteiger partial charge in [-0.1, -0.05) is 36.0 Å². The first-order chi connectivity index (χ1) is 15.4. The van der Waals surface area contributed by atoms with Crippen molar-refractivity contribution in [1.82, 2.24) is 14.5 Å². The second kappa shape index (κ2) is 7.94. The molecule has 8 heteroatoms. The molecule has 166 valence electrons. The number of hydrogen-bond donors (Lipinski definition) is 2. The molecular weight excluding hydrogens is 420 g/mol. The summed E-state index contributed by atoms with van der Waals surface area (Å²) in [5.74, 6) is 0.889. The highest BCUT2D eigenvalue weighted by Gasteiger charge is 2.46. The Morgan fingerprint density at radius 2 is 1.91 bits per heavy atom. The number of aryl methyl sites for hydroxylation is 1. The molecular formula is C24H28N6OS. The third kappa shape index (κ3) is 3.38. The van der Waals surface area contributed by atoms with Gasteiger partial charge in [-0.05, 0) is 54.9 Å². The Morgan fingerprint density at radius 3 is 2.62 bits per heavy atom. The minimum Gasteiger partial charge on any atom is -0.382 e. The topological polar surface area (TPSA) is 103 Å². The highest BCUT2D eigenvalue weighted by molar-refractivity contribution is 7.99. The molecule has 4 N–H and O–H groups in total. The van der Waals surface area contributed by atoms with Crippen LogP contribution in [0.3, 0.4) is 0 Å². The first kappa shape index (κ1) is 21.0. The predicted molar refractivity (Wildman–Crippen MR) is 128 cm³/mol. The summed E-state index contributed by atoms with van der Waals surface area (Å²) in [7, 11) is 1.77. The highest BCUT2D eigenvalue weighted by Crippen LogP contribution is 2.50. The summed E-state index contributed by atoms with van der Waals surface area (Å²) in [6.07, 6.45) is 4.68. The highest BCUT2D eigenvalue weighted by atomic mass is 32.2. The number of fused-ring (bicyclic) bond motifs is 1. The lowest BCUT2D eigenvalue weighted by Crippen LogP contribution is -2.46. The van der Waals surface area contributed by atoms with Crippen molar-refractivity contribution in [1.29, 1.82) is 0 Å². The Labute approximate surface area is 191 Å². The van der Waals surface area contributed by atoms with E-state index in [1.54, 1.807) is 17.8 Å². The number of piperidine rings is 1. The maximum Gasteiger partial charge on any atom is 0.270 e. The zero-order valence-electron chi connectivity index (χ0n) is 18.4. The molecule has 1 fully saturated rings. The molecule has 2 aromatic heterocycles. The Hall–Kier alpha value is -2.84. The summed E-state index contributed by atoms with van der Waals surface area (Å²) in [5, 5.41) is 0. The molecule has 3 heterocycles. The van der Waals surface area contributed by atoms with E-state index in [0.29, 0.717) is 10.8 Å². The molecule has 1 atom stereocenters. The maximum atomic E-state index is 13.2. The Bertz CT molecular complexity index is 1230. The van der Waals surface area contributed by atoms with Crippen LogP contribution in [0, 0.1) is 12.3 Å². The second-order valence-electron chi connectivity index (χ2n) is 8.88. The normalized spacial score (nSPS) is 19.3. The standard InChI is InChI=1S/C24H28N6OS/c1-15-18(8-5-11-27-15)32-19-21(26)28-23(29(2)22(19)31)30-12-9-24(10-13-30)14-16-6-3-4-7-17(16)20(24)25/h3-8,11,20H,9-10,12-14,25-26H2,1-2H3/t20-/m1/s1. The SMILES string of the molecule is Cc1ncccc1Sc1c(N)nc(N2CCC3(CC2)Cc2ccccc2[C@H]3N)n(C)c1=O. The van der Waals surface area contributed by atoms with E-state index in [2.05, 4.69) is 39.1 Å². The van der Waals surface area contributed by atoms with Crippen LogP contribution in [0.2, 0.25) is 0 Å². The lowest BCUT2D eigenvalue weighted by Gasteiger charge is -2.42. The van der Waals surface area contributed by atoms with Crippen molar-refractivity contribution in [3.63, 3.8) is 0 Å². The summed E-state index contributed by atoms with van der Waals surface area (Å²) in [6.45, 7) is 3.52. The number of nitrogens with zero attached hydrogens (tertiary/aromatic N) is 4. The van der Waals surface area contributed by atoms with Gasteiger partial charge in [0.15, 0.2) is 0 Å². The fourth-order valence-corrected chi connectivity index (χ4v) is 6.05. The van der Waals surface area contributed by atoms with Crippen molar-refractivity contribution >= 4 is 23.5 Å². The zero-order valence-corrected chi connectivity index (χ0v) is 19.2. The van der Waals surface area contributed by atoms with E-state index >= 15 is 0 Å². The van der Waals surface area contributed by atoms with E-state index in [1.165, 1.54) is 22.9 Å². The molecule has 1 aromatic carbocycles. The van der Waals surface area contributed by atoms with Gasteiger partial charge in [-0.3, -0.25) is 14.3 Å². The third-order valence-electron chi connectivity index (χ3n) is 7.06. The Kier molecular flexibility index (Phi) is 5.22. The third-order valence-corrected chi connectivity index (χ3v) is 8.30. The molecule has 0 amide bonds. The lowest BCUT2D eigenvalue weighted by molar-refractivity contribution is 0.186. The van der Waals surface area contributed by atoms with Crippen LogP contribution in [0.1, 0.15) is 35.7 Å². The molecule has 0 radical (unpaired) electrons. The molecule has 1 aliphatic carbocycles. The van der Waals surface area contributed by atoms with Crippen LogP contribution in [-0.4, -0.2) is 27.6 Å². The Morgan fingerprint density at radius 1 is 1.16 bits per heavy atom. The number of pyridine rings is 1. The van der Waals surface area contributed by atoms with Crippen molar-refractivity contribution in [3.05, 3.63) is 69.8 Å². The number of benzene rings is 1. The van der Waals surface area contributed by atoms with Gasteiger partial charge in [-0.25, -0.2) is 0 Å². The van der Waals surface area contributed by atoms with Crippen LogP contribution in [0.15, 0.2) is 57.2 Å². The smallest absolute Gasteiger partial charge is 0.270 e. The minimum absolute atomic E-state index is 0.0594. The molecule has 1 aliphatic heterocycles. The monoisotopic (exact) mass is 448 g/mol. The quantitative estimate of drug-likeness (QED) is 0.635. The van der Waals surface area contributed by atoms with Crippen LogP contribution < -0.4 is 21.9 Å². The number of nitrogen functional groups attached to an aromatic ring is 1. The van der Waals surface area contributed by atoms with Gasteiger partial charge >= 0.3 is 0 Å². The summed E-state index contributed by atoms with van der Waals surface area (Å²) >= 11 is 1.33. The van der Waals surface area contributed by atoms with E-state index in [0.717, 1.165) is 42.9 Å². The number of nitrogens with two attached hydrogens (primary N) is 2. The summed E-state index contributed by atoms with van der Waals surface area (Å²) in [4.78, 5) is 25.6. The maximum absolute atomic E-state index is 13.2. The van der Waals surface area contributed by atoms with Crippen molar-refractivity contribution in [2.75, 3.05) is 23.7 Å². The number of aromatic nitrogens is 3. The van der Waals surface area contributed by atoms with Crippen molar-refractivity contribution in [2.24, 2.45) is 18.2 Å². The zero-order chi connectivity index (χ0) is 22.5. The molecule has 32 heavy (non-hydrogen) atoms. The first-order valence-electron chi connectivity index (χ1n) is 10.9. The molecule has 0 unspecified atom stereocenters. The van der Waals surface area contributed by atoms with Crippen LogP contribution in [0.5, 0.6) is 0 Å². The molecule has 1 spiro atoms. The fourth-order valence-electron chi connectivity index (χ4n) is 5.11. The van der Waals surface area contributed by atoms with Gasteiger partial charge in [0.1, 0.15) is 10.7 Å². The van der Waals surface area contributed by atoms with Gasteiger partial charge in [0, 0.05) is 37.3 Å². The van der Waals surface area contributed by atoms with Crippen LogP contribution in [0.25, 0.3) is 0 Å². The van der Waals surface area contributed by atoms with E-state index in [1.807, 2.05) is 19.1 Å². The van der Waals surface area contributed by atoms with Gasteiger partial charge in [-0.15, -0.1) is 0 Å². The fraction of sp³-hybridized carbons (Fsp3) is 0.375. The molecule has 2 aliphatic rings. The number of anilines is 2. The van der Waals surface area contributed by atoms with Crippen molar-refractivity contribution < 1.29 is 0 Å². The average molecular weight is 449 g/mol. The largest absolute Gasteiger partial charge is 0.382 e. The van der Waals surface area contributed by atoms with Crippen molar-refractivity contribution in [3.8, 4) is 0 Å². The average Bonchev–Trinajstić information content (AvgIpc) is 3.07. The van der Waals surface area contributed by atoms with Gasteiger partial charge < -0.3 is 16.4 Å². The van der Waals surface area contributed by atoms with Gasteiger partial charge in [-0.2, -0.15) is 4.98 Å². The molecule has 0 bridgehead atoms. The summed E-state index contributed by atoms with van der Waals surface area (Å²) in [5.41, 5.74) is 16.4. The van der Waals surface area contributed by atoms with E-state index < -0.39 is 0 Å². The summed E-state index contributed by atoms with van der Waals surface area (Å²) in [6, 6.07) is 12.4. The predicted octanol–water partition coefficient (Wildman–Crippen LogP) is 3.06. The van der Waals surface area contributed by atoms with Crippen LogP contribution in [0.4, 0.5) is 11.8 Å². The van der Waals surface area contributed by atoms with Gasteiger partial charge in [0.2, 0.25) is 5.95 Å². The van der Waals surface area contributed by atoms with Crippen LogP contribution >= 0.6 is 11.8 Å². The second-order valence-corrected chi connectivity index (χ2v) is 9.93. The lowest BCUT2D eigenvalue weighted by atomic mass is 9.73. The van der Waals surface area contributed by atoms with Gasteiger partial charge in [0.25, 0.3) is 5.56 Å². The minimum atomic E-state index is -0.133. The molecule has 1 saturated heterocycles. The molecule has 0 saturated carbocycles. The molecule has 5 rings (SSSR count). The van der Waals surface area contributed by atoms with Gasteiger partial charge in [0.05, 0.1) is 5.69 Å². The van der Waals surface area contributed by atoms with Crippen molar-refractivity contribution in [2.45, 2.75) is 42.0 Å². The summed E-state index contributed by atoms with van der Waals surface area (Å²) < 4.78 is 1.62. The van der Waals surface area contributed by atoms with Crippen LogP contribution in [-0.2, 0) is 13.5 Å². The number of rotatable bonds is 3. The molecule has 3 aromatic rings. The Balaban J connectivity index is 1.38. The van der Waals surface area contributed by atoms with E-state index in [-0.39, 0.29) is 22.8 Å². The molecule has 7 nitrogen and oxygen atoms in total.